The summed E-state index contributed by atoms with van der Waals surface area (Å²) in [6.45, 7) is 14.1. The molecule has 0 amide bonds. The van der Waals surface area contributed by atoms with Crippen LogP contribution in [0.15, 0.2) is 158 Å². The van der Waals surface area contributed by atoms with Gasteiger partial charge in [-0.1, -0.05) is 191 Å². The van der Waals surface area contributed by atoms with Crippen LogP contribution < -0.4 is 14.4 Å². The number of aryl methyl sites for hydroxylation is 3. The first-order chi connectivity index (χ1) is 31.6. The molecule has 0 fully saturated rings. The van der Waals surface area contributed by atoms with Crippen LogP contribution in [-0.4, -0.2) is 13.7 Å². The minimum absolute atomic E-state index is 0.611. The van der Waals surface area contributed by atoms with E-state index in [4.69, 9.17) is 9.47 Å². The van der Waals surface area contributed by atoms with Crippen LogP contribution in [0.4, 0.5) is 17.1 Å². The summed E-state index contributed by atoms with van der Waals surface area (Å²) in [4.78, 5) is 2.36. The summed E-state index contributed by atoms with van der Waals surface area (Å²) in [5, 5.41) is 0. The topological polar surface area (TPSA) is 21.7 Å². The van der Waals surface area contributed by atoms with Gasteiger partial charge in [-0.05, 0) is 132 Å². The minimum Gasteiger partial charge on any atom is -0.496 e. The normalized spacial score (nSPS) is 12.1. The SMILES string of the molecule is COc1cc(C=Cc2ccccc2)c(OCCC(C)CCCC(C)C)cc1C=Cc1ccc(N(c2ccc(-c3ccc(C)cc3)cc2)c2ccc(C=Cc3ccccc3)c(C)c2)cc1C. The Morgan fingerprint density at radius 1 is 0.462 bits per heavy atom. The van der Waals surface area contributed by atoms with E-state index in [1.54, 1.807) is 7.11 Å². The molecule has 0 saturated heterocycles. The summed E-state index contributed by atoms with van der Waals surface area (Å²) in [6.07, 6.45) is 17.8. The molecule has 0 aromatic heterocycles. The molecule has 3 nitrogen and oxygen atoms in total. The van der Waals surface area contributed by atoms with Gasteiger partial charge in [0.2, 0.25) is 0 Å². The van der Waals surface area contributed by atoms with Crippen molar-refractivity contribution in [3.63, 3.8) is 0 Å². The van der Waals surface area contributed by atoms with E-state index in [-0.39, 0.29) is 0 Å². The number of ether oxygens (including phenoxy) is 2. The van der Waals surface area contributed by atoms with Crippen LogP contribution in [-0.2, 0) is 0 Å². The zero-order valence-electron chi connectivity index (χ0n) is 39.4. The van der Waals surface area contributed by atoms with Gasteiger partial charge in [-0.3, -0.25) is 0 Å². The van der Waals surface area contributed by atoms with Gasteiger partial charge in [0.15, 0.2) is 0 Å². The number of benzene rings is 7. The molecule has 7 aromatic carbocycles. The van der Waals surface area contributed by atoms with Crippen molar-refractivity contribution >= 4 is 53.5 Å². The van der Waals surface area contributed by atoms with Gasteiger partial charge in [0.05, 0.1) is 13.7 Å². The second-order valence-corrected chi connectivity index (χ2v) is 17.9. The highest BCUT2D eigenvalue weighted by Gasteiger charge is 2.16. The summed E-state index contributed by atoms with van der Waals surface area (Å²) in [5.74, 6) is 3.02. The van der Waals surface area contributed by atoms with Crippen LogP contribution in [0.1, 0.15) is 96.5 Å². The average molecular weight is 856 g/mol. The molecule has 0 radical (unpaired) electrons. The summed E-state index contributed by atoms with van der Waals surface area (Å²) >= 11 is 0. The summed E-state index contributed by atoms with van der Waals surface area (Å²) in [5.41, 5.74) is 16.0. The van der Waals surface area contributed by atoms with E-state index in [0.29, 0.717) is 12.5 Å². The fourth-order valence-corrected chi connectivity index (χ4v) is 8.19. The smallest absolute Gasteiger partial charge is 0.127 e. The summed E-state index contributed by atoms with van der Waals surface area (Å²) < 4.78 is 12.6. The standard InChI is InChI=1S/C62H65NO2/c1-45(2)15-14-16-46(3)39-40-65-62-44-56(61(64-7)43-57(62)28-24-51-19-12-9-13-20-51)30-29-53-32-38-60(42-49(53)6)63(58-35-33-55(34-36-58)54-25-21-47(4)22-26-54)59-37-31-52(48(5)41-59)27-23-50-17-10-8-11-18-50/h8-13,17-38,41-46H,14-16,39-40H2,1-7H3. The van der Waals surface area contributed by atoms with Crippen molar-refractivity contribution in [1.29, 1.82) is 0 Å². The van der Waals surface area contributed by atoms with Crippen molar-refractivity contribution in [1.82, 2.24) is 0 Å². The van der Waals surface area contributed by atoms with Crippen LogP contribution in [0.3, 0.4) is 0 Å². The van der Waals surface area contributed by atoms with E-state index in [1.165, 1.54) is 58.2 Å². The number of hydrogen-bond acceptors (Lipinski definition) is 3. The second kappa shape index (κ2) is 22.7. The number of nitrogens with zero attached hydrogens (tertiary/aromatic N) is 1. The lowest BCUT2D eigenvalue weighted by atomic mass is 9.97. The lowest BCUT2D eigenvalue weighted by Crippen LogP contribution is -2.10. The van der Waals surface area contributed by atoms with Gasteiger partial charge >= 0.3 is 0 Å². The van der Waals surface area contributed by atoms with Crippen LogP contribution in [0.2, 0.25) is 0 Å². The van der Waals surface area contributed by atoms with Crippen LogP contribution in [0.5, 0.6) is 11.5 Å². The predicted octanol–water partition coefficient (Wildman–Crippen LogP) is 17.5. The Kier molecular flexibility index (Phi) is 16.1. The third kappa shape index (κ3) is 12.9. The van der Waals surface area contributed by atoms with Gasteiger partial charge in [0.1, 0.15) is 11.5 Å². The molecular formula is C62H65NO2. The zero-order valence-corrected chi connectivity index (χ0v) is 39.4. The number of anilines is 3. The van der Waals surface area contributed by atoms with Gasteiger partial charge in [0.25, 0.3) is 0 Å². The predicted molar refractivity (Wildman–Crippen MR) is 281 cm³/mol. The highest BCUT2D eigenvalue weighted by atomic mass is 16.5. The van der Waals surface area contributed by atoms with E-state index >= 15 is 0 Å². The first kappa shape index (κ1) is 46.2. The van der Waals surface area contributed by atoms with Crippen molar-refractivity contribution in [3.8, 4) is 22.6 Å². The molecule has 1 unspecified atom stereocenters. The highest BCUT2D eigenvalue weighted by molar-refractivity contribution is 5.83. The lowest BCUT2D eigenvalue weighted by Gasteiger charge is -2.27. The molecule has 0 aliphatic rings. The fourth-order valence-electron chi connectivity index (χ4n) is 8.19. The summed E-state index contributed by atoms with van der Waals surface area (Å²) in [6, 6.07) is 56.2. The number of methoxy groups -OCH3 is 1. The Balaban J connectivity index is 1.18. The van der Waals surface area contributed by atoms with Gasteiger partial charge in [-0.2, -0.15) is 0 Å². The largest absolute Gasteiger partial charge is 0.496 e. The molecule has 0 aliphatic carbocycles. The first-order valence-corrected chi connectivity index (χ1v) is 23.3. The van der Waals surface area contributed by atoms with Crippen molar-refractivity contribution in [2.75, 3.05) is 18.6 Å². The Morgan fingerprint density at radius 2 is 0.938 bits per heavy atom. The van der Waals surface area contributed by atoms with E-state index in [0.717, 1.165) is 63.2 Å². The average Bonchev–Trinajstić information content (AvgIpc) is 3.31. The lowest BCUT2D eigenvalue weighted by molar-refractivity contribution is 0.275. The number of rotatable bonds is 19. The van der Waals surface area contributed by atoms with E-state index in [2.05, 4.69) is 235 Å². The molecule has 0 saturated carbocycles. The van der Waals surface area contributed by atoms with Crippen molar-refractivity contribution in [2.45, 2.75) is 67.2 Å². The van der Waals surface area contributed by atoms with E-state index in [9.17, 15) is 0 Å². The Morgan fingerprint density at radius 3 is 1.48 bits per heavy atom. The van der Waals surface area contributed by atoms with Crippen LogP contribution >= 0.6 is 0 Å². The Labute approximate surface area is 389 Å². The molecule has 0 spiro atoms. The Hall–Kier alpha value is -6.84. The highest BCUT2D eigenvalue weighted by Crippen LogP contribution is 2.39. The Bertz CT molecular complexity index is 2690. The fraction of sp³-hybridized carbons (Fsp3) is 0.226. The molecule has 65 heavy (non-hydrogen) atoms. The van der Waals surface area contributed by atoms with Gasteiger partial charge in [0, 0.05) is 28.2 Å². The molecule has 7 aromatic rings. The third-order valence-electron chi connectivity index (χ3n) is 12.2. The summed E-state index contributed by atoms with van der Waals surface area (Å²) in [7, 11) is 1.74. The first-order valence-electron chi connectivity index (χ1n) is 23.3. The molecular weight excluding hydrogens is 791 g/mol. The molecule has 7 rings (SSSR count). The van der Waals surface area contributed by atoms with Crippen molar-refractivity contribution in [2.24, 2.45) is 11.8 Å². The minimum atomic E-state index is 0.611. The third-order valence-corrected chi connectivity index (χ3v) is 12.2. The molecule has 0 aliphatic heterocycles. The maximum absolute atomic E-state index is 6.60. The van der Waals surface area contributed by atoms with Gasteiger partial charge in [-0.25, -0.2) is 0 Å². The van der Waals surface area contributed by atoms with Crippen molar-refractivity contribution < 1.29 is 9.47 Å². The quantitative estimate of drug-likeness (QED) is 0.0757. The van der Waals surface area contributed by atoms with E-state index < -0.39 is 0 Å². The molecule has 0 bridgehead atoms. The molecule has 0 N–H and O–H groups in total. The molecule has 0 heterocycles. The second-order valence-electron chi connectivity index (χ2n) is 17.9. The number of hydrogen-bond donors (Lipinski definition) is 0. The maximum Gasteiger partial charge on any atom is 0.127 e. The molecule has 330 valence electrons. The van der Waals surface area contributed by atoms with E-state index in [1.807, 2.05) is 6.07 Å². The van der Waals surface area contributed by atoms with Crippen LogP contribution in [0, 0.1) is 32.6 Å². The van der Waals surface area contributed by atoms with Gasteiger partial charge < -0.3 is 14.4 Å². The molecule has 1 atom stereocenters. The monoisotopic (exact) mass is 856 g/mol. The molecule has 3 heteroatoms. The van der Waals surface area contributed by atoms with Gasteiger partial charge in [-0.15, -0.1) is 0 Å². The zero-order chi connectivity index (χ0) is 45.5. The maximum atomic E-state index is 6.60. The van der Waals surface area contributed by atoms with Crippen molar-refractivity contribution in [3.05, 3.63) is 208 Å². The van der Waals surface area contributed by atoms with Crippen LogP contribution in [0.25, 0.3) is 47.6 Å².